The van der Waals surface area contributed by atoms with Crippen LogP contribution in [0.5, 0.6) is 5.75 Å². The molecule has 1 aromatic heterocycles. The van der Waals surface area contributed by atoms with Gasteiger partial charge in [-0.25, -0.2) is 10.4 Å². The van der Waals surface area contributed by atoms with Crippen molar-refractivity contribution in [3.8, 4) is 5.75 Å². The molecule has 24 heavy (non-hydrogen) atoms. The van der Waals surface area contributed by atoms with E-state index in [4.69, 9.17) is 0 Å². The summed E-state index contributed by atoms with van der Waals surface area (Å²) in [6.07, 6.45) is 1.48. The summed E-state index contributed by atoms with van der Waals surface area (Å²) in [5.41, 5.74) is 5.11. The second-order valence-electron chi connectivity index (χ2n) is 5.12. The number of rotatable bonds is 5. The van der Waals surface area contributed by atoms with Gasteiger partial charge in [0.05, 0.1) is 23.0 Å². The van der Waals surface area contributed by atoms with E-state index in [9.17, 15) is 9.90 Å². The van der Waals surface area contributed by atoms with Crippen molar-refractivity contribution in [1.82, 2.24) is 15.0 Å². The van der Waals surface area contributed by atoms with Crippen molar-refractivity contribution in [2.45, 2.75) is 5.16 Å². The zero-order valence-electron chi connectivity index (χ0n) is 13.0. The minimum absolute atomic E-state index is 0.155. The number of fused-ring (bicyclic) bond motifs is 1. The lowest BCUT2D eigenvalue weighted by atomic mass is 10.2. The van der Waals surface area contributed by atoms with E-state index in [1.54, 1.807) is 24.3 Å². The standard InChI is InChI=1S/C17H16N4O2S/c1-21-15-8-3-2-7-14(15)19-17(21)24-11-16(23)20-18-10-12-5-4-6-13(22)9-12/h2-10,22H,11H2,1H3,(H,20,23)/b18-10-. The van der Waals surface area contributed by atoms with E-state index in [2.05, 4.69) is 15.5 Å². The molecule has 3 rings (SSSR count). The number of hydrogen-bond donors (Lipinski definition) is 2. The van der Waals surface area contributed by atoms with E-state index in [-0.39, 0.29) is 17.4 Å². The zero-order chi connectivity index (χ0) is 16.9. The Morgan fingerprint density at radius 1 is 1.33 bits per heavy atom. The lowest BCUT2D eigenvalue weighted by molar-refractivity contribution is -0.118. The molecular formula is C17H16N4O2S. The van der Waals surface area contributed by atoms with E-state index >= 15 is 0 Å². The maximum atomic E-state index is 11.9. The van der Waals surface area contributed by atoms with Crippen molar-refractivity contribution < 1.29 is 9.90 Å². The van der Waals surface area contributed by atoms with E-state index in [1.807, 2.05) is 35.9 Å². The average molecular weight is 340 g/mol. The van der Waals surface area contributed by atoms with Gasteiger partial charge in [0.1, 0.15) is 5.75 Å². The van der Waals surface area contributed by atoms with Crippen LogP contribution in [0.15, 0.2) is 58.8 Å². The van der Waals surface area contributed by atoms with Gasteiger partial charge in [0.25, 0.3) is 5.91 Å². The monoisotopic (exact) mass is 340 g/mol. The second-order valence-corrected chi connectivity index (χ2v) is 6.06. The number of benzene rings is 2. The molecule has 0 atom stereocenters. The summed E-state index contributed by atoms with van der Waals surface area (Å²) in [6.45, 7) is 0. The van der Waals surface area contributed by atoms with Crippen LogP contribution in [-0.4, -0.2) is 32.5 Å². The van der Waals surface area contributed by atoms with Gasteiger partial charge in [-0.15, -0.1) is 0 Å². The van der Waals surface area contributed by atoms with Crippen molar-refractivity contribution >= 4 is 34.9 Å². The van der Waals surface area contributed by atoms with Crippen LogP contribution in [-0.2, 0) is 11.8 Å². The molecule has 6 nitrogen and oxygen atoms in total. The molecule has 0 aliphatic heterocycles. The number of para-hydroxylation sites is 2. The van der Waals surface area contributed by atoms with E-state index < -0.39 is 0 Å². The Bertz CT molecular complexity index is 904. The first-order chi connectivity index (χ1) is 11.6. The summed E-state index contributed by atoms with van der Waals surface area (Å²) >= 11 is 1.36. The number of carbonyl (C=O) groups excluding carboxylic acids is 1. The van der Waals surface area contributed by atoms with Gasteiger partial charge >= 0.3 is 0 Å². The fraction of sp³-hybridized carbons (Fsp3) is 0.118. The Kier molecular flexibility index (Phi) is 4.81. The fourth-order valence-electron chi connectivity index (χ4n) is 2.20. The molecule has 0 aliphatic carbocycles. The predicted octanol–water partition coefficient (Wildman–Crippen LogP) is 2.52. The number of nitrogens with zero attached hydrogens (tertiary/aromatic N) is 3. The van der Waals surface area contributed by atoms with E-state index in [0.717, 1.165) is 16.2 Å². The van der Waals surface area contributed by atoms with Gasteiger partial charge in [-0.3, -0.25) is 4.79 Å². The molecular weight excluding hydrogens is 324 g/mol. The Morgan fingerprint density at radius 3 is 2.96 bits per heavy atom. The number of amides is 1. The third kappa shape index (κ3) is 3.75. The highest BCUT2D eigenvalue weighted by Crippen LogP contribution is 2.22. The number of nitrogens with one attached hydrogen (secondary N) is 1. The molecule has 0 aliphatic rings. The smallest absolute Gasteiger partial charge is 0.250 e. The summed E-state index contributed by atoms with van der Waals surface area (Å²) in [4.78, 5) is 16.4. The maximum absolute atomic E-state index is 11.9. The lowest BCUT2D eigenvalue weighted by Crippen LogP contribution is -2.19. The molecule has 122 valence electrons. The molecule has 0 unspecified atom stereocenters. The van der Waals surface area contributed by atoms with Crippen LogP contribution in [0.2, 0.25) is 0 Å². The van der Waals surface area contributed by atoms with Crippen molar-refractivity contribution in [3.05, 3.63) is 54.1 Å². The molecule has 1 heterocycles. The fourth-order valence-corrected chi connectivity index (χ4v) is 2.98. The average Bonchev–Trinajstić information content (AvgIpc) is 2.90. The van der Waals surface area contributed by atoms with Crippen LogP contribution in [0.25, 0.3) is 11.0 Å². The molecule has 2 aromatic carbocycles. The minimum atomic E-state index is -0.219. The van der Waals surface area contributed by atoms with Gasteiger partial charge in [0, 0.05) is 7.05 Å². The number of carbonyl (C=O) groups is 1. The number of hydrogen-bond acceptors (Lipinski definition) is 5. The molecule has 3 aromatic rings. The van der Waals surface area contributed by atoms with Gasteiger partial charge in [0.15, 0.2) is 5.16 Å². The van der Waals surface area contributed by atoms with Crippen molar-refractivity contribution in [2.24, 2.45) is 12.1 Å². The van der Waals surface area contributed by atoms with E-state index in [1.165, 1.54) is 18.0 Å². The predicted molar refractivity (Wildman–Crippen MR) is 95.3 cm³/mol. The first-order valence-corrected chi connectivity index (χ1v) is 8.27. The summed E-state index contributed by atoms with van der Waals surface area (Å²) in [5, 5.41) is 14.0. The third-order valence-electron chi connectivity index (χ3n) is 3.35. The zero-order valence-corrected chi connectivity index (χ0v) is 13.8. The van der Waals surface area contributed by atoms with Gasteiger partial charge in [-0.2, -0.15) is 5.10 Å². The summed E-state index contributed by atoms with van der Waals surface area (Å²) in [6, 6.07) is 14.5. The number of imidazole rings is 1. The first kappa shape index (κ1) is 16.1. The largest absolute Gasteiger partial charge is 0.508 e. The first-order valence-electron chi connectivity index (χ1n) is 7.28. The highest BCUT2D eigenvalue weighted by Gasteiger charge is 2.09. The second kappa shape index (κ2) is 7.18. The number of phenolic OH excluding ortho intramolecular Hbond substituents is 1. The quantitative estimate of drug-likeness (QED) is 0.425. The maximum Gasteiger partial charge on any atom is 0.250 e. The molecule has 0 saturated carbocycles. The number of thioether (sulfide) groups is 1. The molecule has 0 spiro atoms. The Labute approximate surface area is 143 Å². The van der Waals surface area contributed by atoms with Crippen molar-refractivity contribution in [2.75, 3.05) is 5.75 Å². The highest BCUT2D eigenvalue weighted by molar-refractivity contribution is 7.99. The number of phenols is 1. The van der Waals surface area contributed by atoms with Gasteiger partial charge in [-0.1, -0.05) is 36.0 Å². The van der Waals surface area contributed by atoms with Crippen molar-refractivity contribution in [1.29, 1.82) is 0 Å². The third-order valence-corrected chi connectivity index (χ3v) is 4.38. The molecule has 2 N–H and O–H groups in total. The molecule has 1 amide bonds. The molecule has 0 bridgehead atoms. The molecule has 7 heteroatoms. The highest BCUT2D eigenvalue weighted by atomic mass is 32.2. The van der Waals surface area contributed by atoms with Crippen LogP contribution in [0.3, 0.4) is 0 Å². The number of aromatic hydroxyl groups is 1. The molecule has 0 radical (unpaired) electrons. The van der Waals surface area contributed by atoms with Gasteiger partial charge < -0.3 is 9.67 Å². The number of hydrazone groups is 1. The topological polar surface area (TPSA) is 79.5 Å². The number of aryl methyl sites for hydroxylation is 1. The Hall–Kier alpha value is -2.80. The lowest BCUT2D eigenvalue weighted by Gasteiger charge is -2.01. The number of aromatic nitrogens is 2. The summed E-state index contributed by atoms with van der Waals surface area (Å²) in [5.74, 6) is 0.153. The summed E-state index contributed by atoms with van der Waals surface area (Å²) in [7, 11) is 1.93. The molecule has 0 saturated heterocycles. The van der Waals surface area contributed by atoms with Gasteiger partial charge in [0.2, 0.25) is 0 Å². The van der Waals surface area contributed by atoms with Crippen molar-refractivity contribution in [3.63, 3.8) is 0 Å². The van der Waals surface area contributed by atoms with Gasteiger partial charge in [-0.05, 0) is 29.8 Å². The van der Waals surface area contributed by atoms with E-state index in [0.29, 0.717) is 5.56 Å². The normalized spacial score (nSPS) is 11.2. The van der Waals surface area contributed by atoms with Crippen LogP contribution >= 0.6 is 11.8 Å². The van der Waals surface area contributed by atoms with Crippen LogP contribution in [0, 0.1) is 0 Å². The van der Waals surface area contributed by atoms with Crippen LogP contribution in [0.1, 0.15) is 5.56 Å². The Balaban J connectivity index is 1.56. The van der Waals surface area contributed by atoms with Crippen LogP contribution in [0.4, 0.5) is 0 Å². The SMILES string of the molecule is Cn1c(SCC(=O)N/N=C\c2cccc(O)c2)nc2ccccc21. The summed E-state index contributed by atoms with van der Waals surface area (Å²) < 4.78 is 1.96. The van der Waals surface area contributed by atoms with Crippen LogP contribution < -0.4 is 5.43 Å². The minimum Gasteiger partial charge on any atom is -0.508 e. The molecule has 0 fully saturated rings. The Morgan fingerprint density at radius 2 is 2.17 bits per heavy atom.